The van der Waals surface area contributed by atoms with Crippen LogP contribution in [0, 0.1) is 0 Å². The van der Waals surface area contributed by atoms with Gasteiger partial charge in [0.05, 0.1) is 0 Å². The number of unbranched alkanes of at least 4 members (excludes halogenated alkanes) is 2. The Morgan fingerprint density at radius 2 is 1.71 bits per heavy atom. The molecule has 0 saturated carbocycles. The predicted molar refractivity (Wildman–Crippen MR) is 64.8 cm³/mol. The van der Waals surface area contributed by atoms with E-state index in [0.717, 1.165) is 6.54 Å². The third-order valence-electron chi connectivity index (χ3n) is 2.41. The maximum atomic E-state index is 3.51. The van der Waals surface area contributed by atoms with Crippen LogP contribution in [0.5, 0.6) is 0 Å². The first-order valence-electron chi connectivity index (χ1n) is 5.89. The van der Waals surface area contributed by atoms with Gasteiger partial charge in [0.15, 0.2) is 0 Å². The highest BCUT2D eigenvalue weighted by Crippen LogP contribution is 2.01. The summed E-state index contributed by atoms with van der Waals surface area (Å²) in [5.74, 6) is 0. The number of nitrogens with zero attached hydrogens (tertiary/aromatic N) is 1. The number of nitrogens with one attached hydrogen (secondary N) is 1. The van der Waals surface area contributed by atoms with Gasteiger partial charge in [-0.2, -0.15) is 0 Å². The van der Waals surface area contributed by atoms with Crippen LogP contribution in [0.25, 0.3) is 0 Å². The largest absolute Gasteiger partial charge is 0.312 e. The molecule has 0 aliphatic carbocycles. The van der Waals surface area contributed by atoms with Gasteiger partial charge in [-0.15, -0.1) is 0 Å². The first-order valence-corrected chi connectivity index (χ1v) is 5.89. The second-order valence-electron chi connectivity index (χ2n) is 5.13. The zero-order valence-electron chi connectivity index (χ0n) is 10.7. The third kappa shape index (κ3) is 10.0. The molecular formula is C12H28N2. The van der Waals surface area contributed by atoms with E-state index >= 15 is 0 Å². The van der Waals surface area contributed by atoms with Crippen LogP contribution in [0.1, 0.15) is 47.0 Å². The molecule has 0 unspecified atom stereocenters. The maximum absolute atomic E-state index is 3.51. The lowest BCUT2D eigenvalue weighted by Crippen LogP contribution is -2.36. The second-order valence-corrected chi connectivity index (χ2v) is 5.13. The molecule has 2 nitrogen and oxygen atoms in total. The minimum absolute atomic E-state index is 0.278. The summed E-state index contributed by atoms with van der Waals surface area (Å²) in [6.45, 7) is 12.4. The monoisotopic (exact) mass is 200 g/mol. The Balaban J connectivity index is 3.14. The normalized spacial score (nSPS) is 12.4. The maximum Gasteiger partial charge on any atom is 0.00965 e. The molecule has 0 atom stereocenters. The molecule has 0 spiro atoms. The molecule has 2 heteroatoms. The van der Waals surface area contributed by atoms with Crippen LogP contribution in [-0.2, 0) is 0 Å². The summed E-state index contributed by atoms with van der Waals surface area (Å²) in [5, 5.41) is 3.51. The first kappa shape index (κ1) is 13.9. The number of rotatable bonds is 7. The highest BCUT2D eigenvalue weighted by atomic mass is 15.1. The minimum atomic E-state index is 0.278. The van der Waals surface area contributed by atoms with Crippen molar-refractivity contribution in [1.29, 1.82) is 0 Å². The van der Waals surface area contributed by atoms with Crippen molar-refractivity contribution in [1.82, 2.24) is 10.2 Å². The lowest BCUT2D eigenvalue weighted by atomic mass is 10.1. The molecule has 0 aliphatic rings. The Labute approximate surface area is 90.1 Å². The molecule has 86 valence electrons. The first-order chi connectivity index (χ1) is 6.45. The summed E-state index contributed by atoms with van der Waals surface area (Å²) in [6, 6.07) is 0. The standard InChI is InChI=1S/C12H28N2/c1-6-14(5)11-9-7-8-10-13-12(2,3)4/h13H,6-11H2,1-5H3. The fraction of sp³-hybridized carbons (Fsp3) is 1.00. The van der Waals surface area contributed by atoms with Crippen molar-refractivity contribution in [3.05, 3.63) is 0 Å². The summed E-state index contributed by atoms with van der Waals surface area (Å²) in [4.78, 5) is 2.37. The van der Waals surface area contributed by atoms with E-state index in [2.05, 4.69) is 45.0 Å². The Kier molecular flexibility index (Phi) is 7.20. The van der Waals surface area contributed by atoms with E-state index < -0.39 is 0 Å². The van der Waals surface area contributed by atoms with Gasteiger partial charge in [-0.05, 0) is 60.3 Å². The predicted octanol–water partition coefficient (Wildman–Crippen LogP) is 2.50. The molecule has 0 radical (unpaired) electrons. The fourth-order valence-corrected chi connectivity index (χ4v) is 1.30. The molecule has 0 bridgehead atoms. The van der Waals surface area contributed by atoms with Crippen molar-refractivity contribution in [2.45, 2.75) is 52.5 Å². The quantitative estimate of drug-likeness (QED) is 0.635. The van der Waals surface area contributed by atoms with Crippen LogP contribution in [-0.4, -0.2) is 37.1 Å². The van der Waals surface area contributed by atoms with E-state index in [9.17, 15) is 0 Å². The van der Waals surface area contributed by atoms with E-state index in [4.69, 9.17) is 0 Å². The van der Waals surface area contributed by atoms with Crippen molar-refractivity contribution in [3.63, 3.8) is 0 Å². The van der Waals surface area contributed by atoms with Crippen LogP contribution < -0.4 is 5.32 Å². The fourth-order valence-electron chi connectivity index (χ4n) is 1.30. The van der Waals surface area contributed by atoms with Gasteiger partial charge in [-0.1, -0.05) is 13.3 Å². The van der Waals surface area contributed by atoms with Gasteiger partial charge < -0.3 is 10.2 Å². The molecule has 14 heavy (non-hydrogen) atoms. The molecule has 0 amide bonds. The van der Waals surface area contributed by atoms with Gasteiger partial charge in [0.2, 0.25) is 0 Å². The van der Waals surface area contributed by atoms with E-state index in [1.807, 2.05) is 0 Å². The van der Waals surface area contributed by atoms with E-state index in [0.29, 0.717) is 0 Å². The Hall–Kier alpha value is -0.0800. The highest BCUT2D eigenvalue weighted by molar-refractivity contribution is 4.69. The van der Waals surface area contributed by atoms with Crippen molar-refractivity contribution in [2.75, 3.05) is 26.7 Å². The molecule has 0 aromatic rings. The lowest BCUT2D eigenvalue weighted by Gasteiger charge is -2.20. The summed E-state index contributed by atoms with van der Waals surface area (Å²) >= 11 is 0. The summed E-state index contributed by atoms with van der Waals surface area (Å²) < 4.78 is 0. The van der Waals surface area contributed by atoms with Gasteiger partial charge >= 0.3 is 0 Å². The van der Waals surface area contributed by atoms with Crippen LogP contribution >= 0.6 is 0 Å². The van der Waals surface area contributed by atoms with Gasteiger partial charge in [0.25, 0.3) is 0 Å². The molecule has 0 aromatic heterocycles. The number of hydrogen-bond acceptors (Lipinski definition) is 2. The van der Waals surface area contributed by atoms with E-state index in [1.54, 1.807) is 0 Å². The molecule has 0 saturated heterocycles. The topological polar surface area (TPSA) is 15.3 Å². The molecular weight excluding hydrogens is 172 g/mol. The zero-order valence-corrected chi connectivity index (χ0v) is 10.7. The average molecular weight is 200 g/mol. The minimum Gasteiger partial charge on any atom is -0.312 e. The van der Waals surface area contributed by atoms with Crippen LogP contribution in [0.3, 0.4) is 0 Å². The van der Waals surface area contributed by atoms with Crippen LogP contribution in [0.2, 0.25) is 0 Å². The molecule has 0 aromatic carbocycles. The molecule has 0 heterocycles. The lowest BCUT2D eigenvalue weighted by molar-refractivity contribution is 0.338. The highest BCUT2D eigenvalue weighted by Gasteiger charge is 2.06. The van der Waals surface area contributed by atoms with Crippen molar-refractivity contribution in [2.24, 2.45) is 0 Å². The Morgan fingerprint density at radius 1 is 1.07 bits per heavy atom. The average Bonchev–Trinajstić information content (AvgIpc) is 2.08. The number of hydrogen-bond donors (Lipinski definition) is 1. The van der Waals surface area contributed by atoms with Gasteiger partial charge in [-0.25, -0.2) is 0 Å². The molecule has 0 rings (SSSR count). The van der Waals surface area contributed by atoms with E-state index in [-0.39, 0.29) is 5.54 Å². The van der Waals surface area contributed by atoms with E-state index in [1.165, 1.54) is 32.4 Å². The smallest absolute Gasteiger partial charge is 0.00965 e. The second kappa shape index (κ2) is 7.24. The molecule has 1 N–H and O–H groups in total. The summed E-state index contributed by atoms with van der Waals surface area (Å²) in [7, 11) is 2.19. The van der Waals surface area contributed by atoms with Crippen LogP contribution in [0.4, 0.5) is 0 Å². The summed E-state index contributed by atoms with van der Waals surface area (Å²) in [6.07, 6.45) is 3.97. The van der Waals surface area contributed by atoms with Gasteiger partial charge in [0.1, 0.15) is 0 Å². The molecule has 0 fully saturated rings. The van der Waals surface area contributed by atoms with Crippen molar-refractivity contribution < 1.29 is 0 Å². The zero-order chi connectivity index (χ0) is 11.0. The van der Waals surface area contributed by atoms with Crippen molar-refractivity contribution in [3.8, 4) is 0 Å². The van der Waals surface area contributed by atoms with Gasteiger partial charge in [-0.3, -0.25) is 0 Å². The third-order valence-corrected chi connectivity index (χ3v) is 2.41. The van der Waals surface area contributed by atoms with Crippen LogP contribution in [0.15, 0.2) is 0 Å². The van der Waals surface area contributed by atoms with Gasteiger partial charge in [0, 0.05) is 5.54 Å². The summed E-state index contributed by atoms with van der Waals surface area (Å²) in [5.41, 5.74) is 0.278. The Bertz CT molecular complexity index is 127. The molecule has 0 aliphatic heterocycles. The SMILES string of the molecule is CCN(C)CCCCCNC(C)(C)C. The van der Waals surface area contributed by atoms with Crippen molar-refractivity contribution >= 4 is 0 Å². The Morgan fingerprint density at radius 3 is 2.21 bits per heavy atom.